The molecule has 0 saturated carbocycles. The molecule has 1 atom stereocenters. The first-order valence-corrected chi connectivity index (χ1v) is 8.19. The number of alkyl halides is 3. The standard InChI is InChI=1S/C13H18F4N2O2S.ClH/c1-2-3-4-10(8-18)19-22(20,21)12-6-5-9(14)7-11(12)13(15,16)17;/h5-7,10,19H,2-4,8,18H2,1H3;1H. The topological polar surface area (TPSA) is 72.2 Å². The van der Waals surface area contributed by atoms with Gasteiger partial charge in [-0.15, -0.1) is 12.4 Å². The van der Waals surface area contributed by atoms with Crippen LogP contribution in [0.25, 0.3) is 0 Å². The number of sulfonamides is 1. The van der Waals surface area contributed by atoms with Crippen LogP contribution in [0.4, 0.5) is 17.6 Å². The Bertz CT molecular complexity index is 608. The average molecular weight is 379 g/mol. The lowest BCUT2D eigenvalue weighted by molar-refractivity contribution is -0.140. The maximum Gasteiger partial charge on any atom is 0.417 e. The summed E-state index contributed by atoms with van der Waals surface area (Å²) in [6, 6.07) is 0.773. The van der Waals surface area contributed by atoms with Crippen molar-refractivity contribution in [2.24, 2.45) is 5.73 Å². The fraction of sp³-hybridized carbons (Fsp3) is 0.538. The smallest absolute Gasteiger partial charge is 0.329 e. The fourth-order valence-electron chi connectivity index (χ4n) is 1.92. The highest BCUT2D eigenvalue weighted by Gasteiger charge is 2.38. The minimum atomic E-state index is -4.98. The Balaban J connectivity index is 0.00000484. The number of rotatable bonds is 7. The van der Waals surface area contributed by atoms with Gasteiger partial charge in [0.15, 0.2) is 0 Å². The zero-order valence-corrected chi connectivity index (χ0v) is 14.0. The molecular formula is C13H19ClF4N2O2S. The number of unbranched alkanes of at least 4 members (excludes halogenated alkanes) is 1. The second kappa shape index (κ2) is 8.81. The molecule has 0 aromatic heterocycles. The van der Waals surface area contributed by atoms with E-state index in [9.17, 15) is 26.0 Å². The molecule has 134 valence electrons. The maximum absolute atomic E-state index is 13.0. The van der Waals surface area contributed by atoms with Crippen molar-refractivity contribution in [3.05, 3.63) is 29.6 Å². The molecule has 23 heavy (non-hydrogen) atoms. The Morgan fingerprint density at radius 1 is 1.30 bits per heavy atom. The van der Waals surface area contributed by atoms with Gasteiger partial charge in [-0.05, 0) is 24.6 Å². The highest BCUT2D eigenvalue weighted by molar-refractivity contribution is 7.89. The molecule has 0 spiro atoms. The van der Waals surface area contributed by atoms with Gasteiger partial charge in [0.2, 0.25) is 10.0 Å². The van der Waals surface area contributed by atoms with E-state index < -0.39 is 38.5 Å². The molecule has 0 aliphatic rings. The van der Waals surface area contributed by atoms with Crippen molar-refractivity contribution in [2.45, 2.75) is 43.3 Å². The second-order valence-electron chi connectivity index (χ2n) is 4.83. The van der Waals surface area contributed by atoms with Gasteiger partial charge in [-0.2, -0.15) is 13.2 Å². The molecule has 1 aromatic carbocycles. The number of benzene rings is 1. The molecule has 10 heteroatoms. The van der Waals surface area contributed by atoms with Crippen molar-refractivity contribution in [1.82, 2.24) is 4.72 Å². The van der Waals surface area contributed by atoms with Crippen LogP contribution in [0.15, 0.2) is 23.1 Å². The van der Waals surface area contributed by atoms with Crippen molar-refractivity contribution >= 4 is 22.4 Å². The lowest BCUT2D eigenvalue weighted by Gasteiger charge is -2.19. The third kappa shape index (κ3) is 6.25. The van der Waals surface area contributed by atoms with E-state index in [1.54, 1.807) is 0 Å². The Morgan fingerprint density at radius 3 is 2.39 bits per heavy atom. The van der Waals surface area contributed by atoms with Crippen LogP contribution >= 0.6 is 12.4 Å². The highest BCUT2D eigenvalue weighted by Crippen LogP contribution is 2.34. The van der Waals surface area contributed by atoms with Crippen LogP contribution in [-0.2, 0) is 16.2 Å². The quantitative estimate of drug-likeness (QED) is 0.716. The van der Waals surface area contributed by atoms with Gasteiger partial charge in [0.25, 0.3) is 0 Å². The molecule has 0 heterocycles. The monoisotopic (exact) mass is 378 g/mol. The first kappa shape index (κ1) is 22.1. The number of nitrogens with two attached hydrogens (primary N) is 1. The van der Waals surface area contributed by atoms with E-state index >= 15 is 0 Å². The molecule has 1 unspecified atom stereocenters. The van der Waals surface area contributed by atoms with E-state index in [4.69, 9.17) is 5.73 Å². The van der Waals surface area contributed by atoms with Gasteiger partial charge in [0, 0.05) is 12.6 Å². The predicted octanol–water partition coefficient (Wildman–Crippen LogP) is 3.06. The summed E-state index contributed by atoms with van der Waals surface area (Å²) in [6.07, 6.45) is -3.09. The average Bonchev–Trinajstić information content (AvgIpc) is 2.42. The summed E-state index contributed by atoms with van der Waals surface area (Å²) in [4.78, 5) is -1.00. The highest BCUT2D eigenvalue weighted by atomic mass is 35.5. The minimum Gasteiger partial charge on any atom is -0.329 e. The van der Waals surface area contributed by atoms with Gasteiger partial charge in [-0.1, -0.05) is 19.8 Å². The van der Waals surface area contributed by atoms with Crippen LogP contribution in [-0.4, -0.2) is 21.0 Å². The second-order valence-corrected chi connectivity index (χ2v) is 6.52. The van der Waals surface area contributed by atoms with Crippen molar-refractivity contribution in [3.8, 4) is 0 Å². The first-order chi connectivity index (χ1) is 10.1. The first-order valence-electron chi connectivity index (χ1n) is 6.71. The van der Waals surface area contributed by atoms with Crippen molar-refractivity contribution in [2.75, 3.05) is 6.54 Å². The summed E-state index contributed by atoms with van der Waals surface area (Å²) in [6.45, 7) is 1.85. The van der Waals surface area contributed by atoms with E-state index in [2.05, 4.69) is 4.72 Å². The van der Waals surface area contributed by atoms with Gasteiger partial charge >= 0.3 is 6.18 Å². The normalized spacial score (nSPS) is 13.5. The number of hydrogen-bond donors (Lipinski definition) is 2. The number of hydrogen-bond acceptors (Lipinski definition) is 3. The zero-order valence-electron chi connectivity index (χ0n) is 12.4. The van der Waals surface area contributed by atoms with Crippen molar-refractivity contribution in [1.29, 1.82) is 0 Å². The van der Waals surface area contributed by atoms with Crippen LogP contribution in [0.3, 0.4) is 0 Å². The van der Waals surface area contributed by atoms with Crippen LogP contribution in [0, 0.1) is 5.82 Å². The van der Waals surface area contributed by atoms with E-state index in [0.29, 0.717) is 25.0 Å². The lowest BCUT2D eigenvalue weighted by atomic mass is 10.1. The zero-order chi connectivity index (χ0) is 17.0. The SMILES string of the molecule is CCCCC(CN)NS(=O)(=O)c1ccc(F)cc1C(F)(F)F.Cl. The molecule has 0 aliphatic heterocycles. The van der Waals surface area contributed by atoms with Gasteiger partial charge < -0.3 is 5.73 Å². The molecule has 4 nitrogen and oxygen atoms in total. The molecule has 3 N–H and O–H groups in total. The summed E-state index contributed by atoms with van der Waals surface area (Å²) in [5.41, 5.74) is 3.90. The summed E-state index contributed by atoms with van der Waals surface area (Å²) >= 11 is 0. The van der Waals surface area contributed by atoms with Crippen molar-refractivity contribution < 1.29 is 26.0 Å². The van der Waals surface area contributed by atoms with Gasteiger partial charge in [0.05, 0.1) is 10.5 Å². The maximum atomic E-state index is 13.0. The largest absolute Gasteiger partial charge is 0.417 e. The minimum absolute atomic E-state index is 0. The Morgan fingerprint density at radius 2 is 1.91 bits per heavy atom. The third-order valence-electron chi connectivity index (χ3n) is 3.05. The summed E-state index contributed by atoms with van der Waals surface area (Å²) in [5, 5.41) is 0. The number of nitrogens with one attached hydrogen (secondary N) is 1. The predicted molar refractivity (Wildman–Crippen MR) is 81.3 cm³/mol. The van der Waals surface area contributed by atoms with Gasteiger partial charge in [0.1, 0.15) is 5.82 Å². The molecule has 0 bridgehead atoms. The van der Waals surface area contributed by atoms with Crippen LogP contribution in [0.1, 0.15) is 31.7 Å². The molecule has 1 aromatic rings. The molecule has 0 fully saturated rings. The summed E-state index contributed by atoms with van der Waals surface area (Å²) in [7, 11) is -4.45. The molecule has 0 aliphatic carbocycles. The van der Waals surface area contributed by atoms with E-state index in [0.717, 1.165) is 6.42 Å². The van der Waals surface area contributed by atoms with Gasteiger partial charge in [-0.3, -0.25) is 0 Å². The van der Waals surface area contributed by atoms with Crippen molar-refractivity contribution in [3.63, 3.8) is 0 Å². The summed E-state index contributed by atoms with van der Waals surface area (Å²) in [5.74, 6) is -1.16. The molecule has 0 amide bonds. The molecule has 0 radical (unpaired) electrons. The molecule has 0 saturated heterocycles. The van der Waals surface area contributed by atoms with E-state index in [1.165, 1.54) is 0 Å². The lowest BCUT2D eigenvalue weighted by Crippen LogP contribution is -2.40. The fourth-order valence-corrected chi connectivity index (χ4v) is 3.41. The van der Waals surface area contributed by atoms with Crippen LogP contribution in [0.2, 0.25) is 0 Å². The molecular weight excluding hydrogens is 360 g/mol. The summed E-state index contributed by atoms with van der Waals surface area (Å²) < 4.78 is 78.2. The Kier molecular flexibility index (Phi) is 8.47. The van der Waals surface area contributed by atoms with E-state index in [-0.39, 0.29) is 25.0 Å². The third-order valence-corrected chi connectivity index (χ3v) is 4.63. The van der Waals surface area contributed by atoms with Gasteiger partial charge in [-0.25, -0.2) is 17.5 Å². The number of halogens is 5. The van der Waals surface area contributed by atoms with E-state index in [1.807, 2.05) is 6.92 Å². The van der Waals surface area contributed by atoms with Crippen LogP contribution in [0.5, 0.6) is 0 Å². The Hall–Kier alpha value is -0.900. The molecule has 1 rings (SSSR count). The van der Waals surface area contributed by atoms with Crippen LogP contribution < -0.4 is 10.5 Å². The Labute approximate surface area is 138 Å².